The van der Waals surface area contributed by atoms with Crippen molar-refractivity contribution in [2.24, 2.45) is 11.8 Å². The molecule has 1 saturated carbocycles. The number of aliphatic hydroxyl groups is 1. The maximum atomic E-state index is 13.2. The molecule has 1 aliphatic carbocycles. The first kappa shape index (κ1) is 27.0. The van der Waals surface area contributed by atoms with Crippen molar-refractivity contribution in [2.45, 2.75) is 95.2 Å². The predicted molar refractivity (Wildman–Crippen MR) is 123 cm³/mol. The number of carbonyl (C=O) groups is 3. The van der Waals surface area contributed by atoms with Gasteiger partial charge in [0.05, 0.1) is 25.4 Å². The van der Waals surface area contributed by atoms with Crippen molar-refractivity contribution in [3.63, 3.8) is 0 Å². The van der Waals surface area contributed by atoms with Crippen LogP contribution >= 0.6 is 0 Å². The summed E-state index contributed by atoms with van der Waals surface area (Å²) in [6.07, 6.45) is 7.86. The van der Waals surface area contributed by atoms with Crippen LogP contribution in [0.1, 0.15) is 71.1 Å². The third-order valence-electron chi connectivity index (χ3n) is 7.74. The van der Waals surface area contributed by atoms with E-state index in [1.807, 2.05) is 0 Å². The van der Waals surface area contributed by atoms with Crippen LogP contribution in [-0.2, 0) is 33.3 Å². The largest absolute Gasteiger partial charge is 0.464 e. The SMILES string of the molecule is COCC1CCC(C)C(O)(C(=O)C(=O)N2CCCCC2C(=O)OCCC2CCC(OC)CC2)O1. The van der Waals surface area contributed by atoms with Crippen LogP contribution in [-0.4, -0.2) is 85.7 Å². The lowest BCUT2D eigenvalue weighted by Crippen LogP contribution is -2.61. The number of piperidine rings is 1. The van der Waals surface area contributed by atoms with Gasteiger partial charge in [-0.3, -0.25) is 9.59 Å². The van der Waals surface area contributed by atoms with E-state index in [9.17, 15) is 19.5 Å². The van der Waals surface area contributed by atoms with Gasteiger partial charge in [0.15, 0.2) is 0 Å². The summed E-state index contributed by atoms with van der Waals surface area (Å²) in [6, 6.07) is -0.813. The van der Waals surface area contributed by atoms with Gasteiger partial charge < -0.3 is 29.0 Å². The highest BCUT2D eigenvalue weighted by molar-refractivity contribution is 6.39. The fourth-order valence-electron chi connectivity index (χ4n) is 5.42. The van der Waals surface area contributed by atoms with Crippen LogP contribution in [0.2, 0.25) is 0 Å². The molecule has 2 heterocycles. The Balaban J connectivity index is 1.57. The molecule has 3 rings (SSSR count). The van der Waals surface area contributed by atoms with Gasteiger partial charge in [-0.05, 0) is 70.1 Å². The molecule has 1 amide bonds. The van der Waals surface area contributed by atoms with Crippen LogP contribution < -0.4 is 0 Å². The highest BCUT2D eigenvalue weighted by Gasteiger charge is 2.52. The Kier molecular flexibility index (Phi) is 9.88. The fourth-order valence-corrected chi connectivity index (χ4v) is 5.42. The number of methoxy groups -OCH3 is 2. The average molecular weight is 484 g/mol. The van der Waals surface area contributed by atoms with E-state index < -0.39 is 41.5 Å². The molecule has 4 unspecified atom stereocenters. The molecule has 9 heteroatoms. The molecular formula is C25H41NO8. The molecule has 2 saturated heterocycles. The Morgan fingerprint density at radius 1 is 1.03 bits per heavy atom. The monoisotopic (exact) mass is 483 g/mol. The first-order chi connectivity index (χ1) is 16.3. The highest BCUT2D eigenvalue weighted by Crippen LogP contribution is 2.34. The Labute approximate surface area is 202 Å². The second-order valence-electron chi connectivity index (χ2n) is 10.0. The Morgan fingerprint density at radius 2 is 1.76 bits per heavy atom. The van der Waals surface area contributed by atoms with Crippen molar-refractivity contribution in [3.05, 3.63) is 0 Å². The Morgan fingerprint density at radius 3 is 2.44 bits per heavy atom. The number of hydrogen-bond acceptors (Lipinski definition) is 8. The summed E-state index contributed by atoms with van der Waals surface area (Å²) in [5, 5.41) is 11.1. The third kappa shape index (κ3) is 6.36. The fraction of sp³-hybridized carbons (Fsp3) is 0.880. The minimum Gasteiger partial charge on any atom is -0.464 e. The van der Waals surface area contributed by atoms with Crippen LogP contribution in [0.5, 0.6) is 0 Å². The van der Waals surface area contributed by atoms with Crippen molar-refractivity contribution in [2.75, 3.05) is 34.0 Å². The molecule has 1 N–H and O–H groups in total. The number of Topliss-reactive ketones (excluding diaryl/α,β-unsaturated/α-hetero) is 1. The van der Waals surface area contributed by atoms with E-state index in [1.54, 1.807) is 14.0 Å². The molecular weight excluding hydrogens is 442 g/mol. The number of amides is 1. The molecule has 194 valence electrons. The zero-order valence-corrected chi connectivity index (χ0v) is 20.8. The number of nitrogens with zero attached hydrogens (tertiary/aromatic N) is 1. The molecule has 3 aliphatic rings. The van der Waals surface area contributed by atoms with E-state index in [2.05, 4.69) is 0 Å². The van der Waals surface area contributed by atoms with Gasteiger partial charge >= 0.3 is 5.97 Å². The van der Waals surface area contributed by atoms with Crippen molar-refractivity contribution in [1.82, 2.24) is 4.90 Å². The van der Waals surface area contributed by atoms with Crippen molar-refractivity contribution in [1.29, 1.82) is 0 Å². The number of rotatable bonds is 9. The first-order valence-electron chi connectivity index (χ1n) is 12.7. The van der Waals surface area contributed by atoms with Crippen molar-refractivity contribution < 1.29 is 38.4 Å². The maximum absolute atomic E-state index is 13.2. The second-order valence-corrected chi connectivity index (χ2v) is 10.0. The van der Waals surface area contributed by atoms with Crippen LogP contribution in [0, 0.1) is 11.8 Å². The van der Waals surface area contributed by atoms with Crippen molar-refractivity contribution >= 4 is 17.7 Å². The van der Waals surface area contributed by atoms with E-state index >= 15 is 0 Å². The van der Waals surface area contributed by atoms with E-state index in [4.69, 9.17) is 18.9 Å². The number of esters is 1. The number of likely N-dealkylation sites (tertiary alicyclic amines) is 1. The lowest BCUT2D eigenvalue weighted by Gasteiger charge is -2.41. The molecule has 0 aromatic rings. The zero-order valence-electron chi connectivity index (χ0n) is 20.8. The van der Waals surface area contributed by atoms with Crippen molar-refractivity contribution in [3.8, 4) is 0 Å². The molecule has 9 nitrogen and oxygen atoms in total. The normalized spacial score (nSPS) is 34.5. The minimum atomic E-state index is -2.22. The smallest absolute Gasteiger partial charge is 0.328 e. The van der Waals surface area contributed by atoms with E-state index in [0.717, 1.165) is 38.5 Å². The topological polar surface area (TPSA) is 112 Å². The molecule has 34 heavy (non-hydrogen) atoms. The molecule has 0 aromatic carbocycles. The summed E-state index contributed by atoms with van der Waals surface area (Å²) in [5.41, 5.74) is 0. The van der Waals surface area contributed by atoms with Gasteiger partial charge in [-0.1, -0.05) is 6.92 Å². The molecule has 4 atom stereocenters. The van der Waals surface area contributed by atoms with Gasteiger partial charge in [0, 0.05) is 26.7 Å². The van der Waals surface area contributed by atoms with Gasteiger partial charge in [-0.15, -0.1) is 0 Å². The second kappa shape index (κ2) is 12.4. The summed E-state index contributed by atoms with van der Waals surface area (Å²) in [4.78, 5) is 40.5. The number of ketones is 1. The third-order valence-corrected chi connectivity index (χ3v) is 7.74. The standard InChI is InChI=1S/C25H41NO8/c1-17-7-10-20(16-31-2)34-25(17,30)22(27)23(28)26-14-5-4-6-21(26)24(29)33-15-13-18-8-11-19(32-3)12-9-18/h17-21,30H,4-16H2,1-3H3. The average Bonchev–Trinajstić information content (AvgIpc) is 2.86. The highest BCUT2D eigenvalue weighted by atomic mass is 16.6. The lowest BCUT2D eigenvalue weighted by atomic mass is 9.85. The molecule has 0 aromatic heterocycles. The number of hydrogen-bond donors (Lipinski definition) is 1. The van der Waals surface area contributed by atoms with E-state index in [1.165, 1.54) is 12.0 Å². The Bertz CT molecular complexity index is 707. The summed E-state index contributed by atoms with van der Waals surface area (Å²) in [5.74, 6) is -4.63. The molecule has 0 spiro atoms. The maximum Gasteiger partial charge on any atom is 0.328 e. The van der Waals surface area contributed by atoms with Gasteiger partial charge in [-0.25, -0.2) is 4.79 Å². The summed E-state index contributed by atoms with van der Waals surface area (Å²) >= 11 is 0. The van der Waals surface area contributed by atoms with Crippen LogP contribution in [0.15, 0.2) is 0 Å². The molecule has 3 fully saturated rings. The summed E-state index contributed by atoms with van der Waals surface area (Å²) < 4.78 is 21.7. The molecule has 0 radical (unpaired) electrons. The predicted octanol–water partition coefficient (Wildman–Crippen LogP) is 2.23. The zero-order chi connectivity index (χ0) is 24.7. The van der Waals surface area contributed by atoms with Crippen LogP contribution in [0.4, 0.5) is 0 Å². The van der Waals surface area contributed by atoms with Crippen LogP contribution in [0.3, 0.4) is 0 Å². The van der Waals surface area contributed by atoms with Gasteiger partial charge in [0.2, 0.25) is 5.79 Å². The van der Waals surface area contributed by atoms with E-state index in [0.29, 0.717) is 44.3 Å². The Hall–Kier alpha value is -1.55. The quantitative estimate of drug-likeness (QED) is 0.393. The number of carbonyl (C=O) groups excluding carboxylic acids is 3. The summed E-state index contributed by atoms with van der Waals surface area (Å²) in [7, 11) is 3.26. The summed E-state index contributed by atoms with van der Waals surface area (Å²) in [6.45, 7) is 2.49. The molecule has 2 aliphatic heterocycles. The first-order valence-corrected chi connectivity index (χ1v) is 12.7. The lowest BCUT2D eigenvalue weighted by molar-refractivity contribution is -0.268. The van der Waals surface area contributed by atoms with Gasteiger partial charge in [0.25, 0.3) is 11.7 Å². The van der Waals surface area contributed by atoms with E-state index in [-0.39, 0.29) is 13.2 Å². The molecule has 0 bridgehead atoms. The van der Waals surface area contributed by atoms with Gasteiger partial charge in [-0.2, -0.15) is 0 Å². The van der Waals surface area contributed by atoms with Crippen LogP contribution in [0.25, 0.3) is 0 Å². The van der Waals surface area contributed by atoms with Gasteiger partial charge in [0.1, 0.15) is 6.04 Å². The minimum absolute atomic E-state index is 0.224. The number of ether oxygens (including phenoxy) is 4.